The number of primary amides is 1. The van der Waals surface area contributed by atoms with Crippen molar-refractivity contribution in [2.75, 3.05) is 26.7 Å². The van der Waals surface area contributed by atoms with Crippen molar-refractivity contribution in [2.45, 2.75) is 140 Å². The summed E-state index contributed by atoms with van der Waals surface area (Å²) in [5.41, 5.74) is 12.1. The average Bonchev–Trinajstić information content (AvgIpc) is 3.77. The molecule has 2 aromatic rings. The molecule has 2 heterocycles. The fourth-order valence-electron chi connectivity index (χ4n) is 8.15. The second-order valence-electron chi connectivity index (χ2n) is 17.0. The molecule has 2 aromatic carbocycles. The Hall–Kier alpha value is -6.24. The monoisotopic (exact) mass is 906 g/mol. The fourth-order valence-corrected chi connectivity index (χ4v) is 8.15. The average molecular weight is 906 g/mol. The molecule has 4 rings (SSSR count). The molecule has 1 unspecified atom stereocenters. The summed E-state index contributed by atoms with van der Waals surface area (Å²) in [5, 5.41) is 35.7. The highest BCUT2D eigenvalue weighted by Gasteiger charge is 2.38. The van der Waals surface area contributed by atoms with E-state index < -0.39 is 77.6 Å². The molecule has 2 aliphatic rings. The summed E-state index contributed by atoms with van der Waals surface area (Å²) in [7, 11) is 1.37. The first kappa shape index (κ1) is 51.4. The Morgan fingerprint density at radius 2 is 1.57 bits per heavy atom. The van der Waals surface area contributed by atoms with Crippen LogP contribution in [0.15, 0.2) is 36.4 Å². The molecule has 19 nitrogen and oxygen atoms in total. The van der Waals surface area contributed by atoms with Crippen LogP contribution in [0.3, 0.4) is 0 Å². The van der Waals surface area contributed by atoms with Gasteiger partial charge in [-0.15, -0.1) is 0 Å². The molecular formula is C46H67N9O10. The van der Waals surface area contributed by atoms with E-state index in [1.165, 1.54) is 62.2 Å². The van der Waals surface area contributed by atoms with E-state index in [0.717, 1.165) is 37.0 Å². The predicted octanol–water partition coefficient (Wildman–Crippen LogP) is 1.27. The summed E-state index contributed by atoms with van der Waals surface area (Å²) >= 11 is 0. The molecule has 2 aliphatic heterocycles. The van der Waals surface area contributed by atoms with E-state index in [-0.39, 0.29) is 66.4 Å². The number of carbonyl (C=O) groups excluding carboxylic acids is 8. The van der Waals surface area contributed by atoms with Crippen molar-refractivity contribution >= 4 is 47.3 Å². The fraction of sp³-hybridized carbons (Fsp3) is 0.565. The zero-order chi connectivity index (χ0) is 47.8. The summed E-state index contributed by atoms with van der Waals surface area (Å²) in [5.74, 6) is -5.43. The molecule has 1 fully saturated rings. The third kappa shape index (κ3) is 14.4. The van der Waals surface area contributed by atoms with Crippen LogP contribution in [-0.4, -0.2) is 124 Å². The molecule has 0 aliphatic carbocycles. The second kappa shape index (κ2) is 24.7. The van der Waals surface area contributed by atoms with Crippen molar-refractivity contribution in [3.63, 3.8) is 0 Å². The van der Waals surface area contributed by atoms with Crippen molar-refractivity contribution in [1.82, 2.24) is 36.4 Å². The lowest BCUT2D eigenvalue weighted by atomic mass is 9.93. The molecule has 0 radical (unpaired) electrons. The van der Waals surface area contributed by atoms with E-state index in [9.17, 15) is 48.6 Å². The number of phenolic OH excluding ortho intramolecular Hbond substituents is 2. The van der Waals surface area contributed by atoms with E-state index >= 15 is 0 Å². The number of aromatic hydroxyl groups is 2. The summed E-state index contributed by atoms with van der Waals surface area (Å²) in [6.45, 7) is 5.62. The minimum Gasteiger partial charge on any atom is -0.507 e. The van der Waals surface area contributed by atoms with Gasteiger partial charge in [0.25, 0.3) is 0 Å². The molecule has 11 N–H and O–H groups in total. The number of benzene rings is 2. The number of amides is 8. The Morgan fingerprint density at radius 1 is 0.877 bits per heavy atom. The molecule has 0 saturated carbocycles. The first-order valence-corrected chi connectivity index (χ1v) is 22.7. The number of unbranched alkanes of at least 4 members (excludes halogenated alkanes) is 5. The summed E-state index contributed by atoms with van der Waals surface area (Å²) in [4.78, 5) is 110. The van der Waals surface area contributed by atoms with Crippen molar-refractivity contribution in [1.29, 1.82) is 0 Å². The molecule has 65 heavy (non-hydrogen) atoms. The van der Waals surface area contributed by atoms with Crippen molar-refractivity contribution in [3.8, 4) is 22.6 Å². The Morgan fingerprint density at radius 3 is 2.26 bits per heavy atom. The SMILES string of the molecule is CCCCCCCC(=O)NCCC(=O)N[C@@H](CCCCN)C(=O)N(C)[C@@H]1C(=O)N[C@@H](C)C(=O)N[C@H](C(=O)N[C@@H](C)C(=O)N2CCCC2C(N)=O)Cc2ccc(O)c(c2)-c2cc1ccc2O. The number of nitrogens with two attached hydrogens (primary N) is 2. The van der Waals surface area contributed by atoms with Gasteiger partial charge in [-0.2, -0.15) is 0 Å². The lowest BCUT2D eigenvalue weighted by Crippen LogP contribution is -2.58. The Balaban J connectivity index is 1.61. The number of carbonyl (C=O) groups is 8. The first-order chi connectivity index (χ1) is 31.0. The van der Waals surface area contributed by atoms with Crippen LogP contribution in [0.5, 0.6) is 11.5 Å². The van der Waals surface area contributed by atoms with Crippen LogP contribution in [0.1, 0.15) is 115 Å². The highest BCUT2D eigenvalue weighted by molar-refractivity contribution is 5.97. The smallest absolute Gasteiger partial charge is 0.248 e. The van der Waals surface area contributed by atoms with E-state index in [2.05, 4.69) is 33.5 Å². The van der Waals surface area contributed by atoms with Crippen molar-refractivity contribution in [3.05, 3.63) is 47.5 Å². The normalized spacial score (nSPS) is 19.4. The van der Waals surface area contributed by atoms with E-state index in [4.69, 9.17) is 11.5 Å². The number of nitrogens with zero attached hydrogens (tertiary/aromatic N) is 2. The second-order valence-corrected chi connectivity index (χ2v) is 17.0. The lowest BCUT2D eigenvalue weighted by Gasteiger charge is -2.32. The van der Waals surface area contributed by atoms with Gasteiger partial charge in [-0.05, 0) is 94.3 Å². The Labute approximate surface area is 380 Å². The van der Waals surface area contributed by atoms with E-state index in [0.29, 0.717) is 44.2 Å². The van der Waals surface area contributed by atoms with Crippen molar-refractivity contribution < 1.29 is 48.6 Å². The minimum absolute atomic E-state index is 0.0597. The van der Waals surface area contributed by atoms with Gasteiger partial charge < -0.3 is 58.1 Å². The topological polar surface area (TPSA) is 296 Å². The van der Waals surface area contributed by atoms with Crippen LogP contribution >= 0.6 is 0 Å². The minimum atomic E-state index is -1.46. The Bertz CT molecular complexity index is 2050. The maximum absolute atomic E-state index is 14.4. The number of phenols is 2. The van der Waals surface area contributed by atoms with Crippen molar-refractivity contribution in [2.24, 2.45) is 11.5 Å². The maximum Gasteiger partial charge on any atom is 0.248 e. The van der Waals surface area contributed by atoms with Gasteiger partial charge in [-0.25, -0.2) is 0 Å². The van der Waals surface area contributed by atoms with E-state index in [1.807, 2.05) is 0 Å². The van der Waals surface area contributed by atoms with Gasteiger partial charge in [-0.3, -0.25) is 38.4 Å². The summed E-state index contributed by atoms with van der Waals surface area (Å²) in [6.07, 6.45) is 7.15. The third-order valence-electron chi connectivity index (χ3n) is 11.9. The zero-order valence-corrected chi connectivity index (χ0v) is 38.0. The molecule has 1 saturated heterocycles. The molecule has 8 amide bonds. The highest BCUT2D eigenvalue weighted by Crippen LogP contribution is 2.39. The number of likely N-dealkylation sites (tertiary alicyclic amines) is 1. The number of nitrogens with one attached hydrogen (secondary N) is 5. The third-order valence-corrected chi connectivity index (χ3v) is 11.9. The van der Waals surface area contributed by atoms with Gasteiger partial charge in [0.05, 0.1) is 0 Å². The van der Waals surface area contributed by atoms with Gasteiger partial charge in [0, 0.05) is 50.5 Å². The molecule has 356 valence electrons. The quantitative estimate of drug-likeness (QED) is 0.0853. The predicted molar refractivity (Wildman–Crippen MR) is 241 cm³/mol. The van der Waals surface area contributed by atoms with Crippen LogP contribution in [0.25, 0.3) is 11.1 Å². The van der Waals surface area contributed by atoms with Gasteiger partial charge in [0.2, 0.25) is 47.3 Å². The number of rotatable bonds is 20. The zero-order valence-electron chi connectivity index (χ0n) is 38.0. The molecule has 4 bridgehead atoms. The number of hydrogen-bond acceptors (Lipinski definition) is 11. The summed E-state index contributed by atoms with van der Waals surface area (Å²) < 4.78 is 0. The Kier molecular flexibility index (Phi) is 19.5. The molecule has 6 atom stereocenters. The number of hydrogen-bond donors (Lipinski definition) is 9. The van der Waals surface area contributed by atoms with Gasteiger partial charge in [0.15, 0.2) is 0 Å². The van der Waals surface area contributed by atoms with Gasteiger partial charge >= 0.3 is 0 Å². The van der Waals surface area contributed by atoms with Crippen LogP contribution in [0.2, 0.25) is 0 Å². The molecular weight excluding hydrogens is 839 g/mol. The standard InChI is InChI=1S/C46H67N9O10/c1-5-6-7-8-9-15-38(58)49-22-20-39(59)52-33(13-10-11-21-47)46(65)54(4)40-30-17-19-37(57)32(26-30)31-24-29(16-18-36(31)56)25-34(53-42(61)27(2)50-44(40)63)43(62)51-28(3)45(64)55-23-12-14-35(55)41(48)60/h16-19,24,26-28,33-35,40,56-57H,5-15,20-23,25,47H2,1-4H3,(H2,48,60)(H,49,58)(H,50,63)(H,51,62)(H,52,59)(H,53,61)/t27-,28-,33-,34-,35?,40-/m0/s1. The first-order valence-electron chi connectivity index (χ1n) is 22.7. The van der Waals surface area contributed by atoms with Crippen LogP contribution < -0.4 is 38.1 Å². The molecule has 19 heteroatoms. The van der Waals surface area contributed by atoms with Gasteiger partial charge in [-0.1, -0.05) is 44.7 Å². The van der Waals surface area contributed by atoms with Gasteiger partial charge in [0.1, 0.15) is 47.8 Å². The number of fused-ring (bicyclic) bond motifs is 5. The molecule has 0 spiro atoms. The van der Waals surface area contributed by atoms with Crippen LogP contribution in [0, 0.1) is 0 Å². The maximum atomic E-state index is 14.4. The molecule has 0 aromatic heterocycles. The van der Waals surface area contributed by atoms with Crippen LogP contribution in [-0.2, 0) is 44.8 Å². The highest BCUT2D eigenvalue weighted by atomic mass is 16.3. The summed E-state index contributed by atoms with van der Waals surface area (Å²) in [6, 6.07) is 1.41. The number of likely N-dealkylation sites (N-methyl/N-ethyl adjacent to an activating group) is 1. The van der Waals surface area contributed by atoms with Crippen LogP contribution in [0.4, 0.5) is 0 Å². The van der Waals surface area contributed by atoms with E-state index in [1.54, 1.807) is 0 Å². The largest absolute Gasteiger partial charge is 0.507 e. The lowest BCUT2D eigenvalue weighted by molar-refractivity contribution is -0.143.